The summed E-state index contributed by atoms with van der Waals surface area (Å²) in [6.07, 6.45) is 28.5. The second kappa shape index (κ2) is 22.4. The molecule has 2 rings (SSSR count). The number of carbonyl (C=O) groups excluding carboxylic acids is 1. The first-order valence-corrected chi connectivity index (χ1v) is 16.8. The number of rotatable bonds is 24. The summed E-state index contributed by atoms with van der Waals surface area (Å²) >= 11 is 0. The third kappa shape index (κ3) is 15.5. The summed E-state index contributed by atoms with van der Waals surface area (Å²) < 4.78 is 5.60. The predicted molar refractivity (Wildman–Crippen MR) is 171 cm³/mol. The molecule has 2 aromatic carbocycles. The Labute approximate surface area is 246 Å². The van der Waals surface area contributed by atoms with E-state index in [0.717, 1.165) is 24.8 Å². The van der Waals surface area contributed by atoms with E-state index >= 15 is 0 Å². The molecule has 2 aromatic rings. The molecule has 0 spiro atoms. The van der Waals surface area contributed by atoms with Gasteiger partial charge in [-0.25, -0.2) is 4.79 Å². The maximum Gasteiger partial charge on any atom is 0.347 e. The number of benzene rings is 2. The SMILES string of the molecule is CCCCCCCCCCCCc1ccc(OC(=O)c2cc(CCCCCCCCCCCC)ccc2O)cc1. The highest BCUT2D eigenvalue weighted by Gasteiger charge is 2.15. The van der Waals surface area contributed by atoms with Crippen molar-refractivity contribution >= 4 is 5.97 Å². The number of carbonyl (C=O) groups is 1. The van der Waals surface area contributed by atoms with Crippen LogP contribution < -0.4 is 4.74 Å². The molecule has 3 nitrogen and oxygen atoms in total. The van der Waals surface area contributed by atoms with Gasteiger partial charge < -0.3 is 9.84 Å². The number of ether oxygens (including phenoxy) is 1. The van der Waals surface area contributed by atoms with Gasteiger partial charge in [0.2, 0.25) is 0 Å². The summed E-state index contributed by atoms with van der Waals surface area (Å²) in [4.78, 5) is 12.8. The molecule has 0 radical (unpaired) electrons. The van der Waals surface area contributed by atoms with E-state index in [2.05, 4.69) is 26.0 Å². The molecule has 0 aliphatic rings. The number of phenols is 1. The van der Waals surface area contributed by atoms with E-state index < -0.39 is 5.97 Å². The predicted octanol–water partition coefficient (Wildman–Crippen LogP) is 11.5. The van der Waals surface area contributed by atoms with Gasteiger partial charge in [-0.3, -0.25) is 0 Å². The zero-order valence-electron chi connectivity index (χ0n) is 25.9. The number of hydrogen-bond donors (Lipinski definition) is 1. The topological polar surface area (TPSA) is 46.5 Å². The van der Waals surface area contributed by atoms with Crippen LogP contribution in [-0.2, 0) is 12.8 Å². The monoisotopic (exact) mass is 550 g/mol. The minimum Gasteiger partial charge on any atom is -0.507 e. The Morgan fingerprint density at radius 3 is 1.43 bits per heavy atom. The van der Waals surface area contributed by atoms with Crippen LogP contribution in [0.15, 0.2) is 42.5 Å². The molecular weight excluding hydrogens is 492 g/mol. The van der Waals surface area contributed by atoms with Gasteiger partial charge in [0.15, 0.2) is 0 Å². The van der Waals surface area contributed by atoms with Crippen LogP contribution in [-0.4, -0.2) is 11.1 Å². The zero-order chi connectivity index (χ0) is 28.7. The summed E-state index contributed by atoms with van der Waals surface area (Å²) in [5, 5.41) is 10.3. The number of esters is 1. The van der Waals surface area contributed by atoms with Crippen LogP contribution in [0.5, 0.6) is 11.5 Å². The molecule has 3 heteroatoms. The first-order valence-electron chi connectivity index (χ1n) is 16.8. The Morgan fingerprint density at radius 2 is 0.950 bits per heavy atom. The lowest BCUT2D eigenvalue weighted by molar-refractivity contribution is 0.0731. The van der Waals surface area contributed by atoms with Gasteiger partial charge >= 0.3 is 5.97 Å². The second-order valence-corrected chi connectivity index (χ2v) is 11.7. The Bertz CT molecular complexity index is 902. The number of aryl methyl sites for hydroxylation is 2. The van der Waals surface area contributed by atoms with Gasteiger partial charge in [-0.15, -0.1) is 0 Å². The molecule has 0 atom stereocenters. The molecule has 0 amide bonds. The quantitative estimate of drug-likeness (QED) is 0.0803. The van der Waals surface area contributed by atoms with E-state index in [0.29, 0.717) is 5.75 Å². The van der Waals surface area contributed by atoms with Crippen LogP contribution in [0, 0.1) is 0 Å². The fraction of sp³-hybridized carbons (Fsp3) is 0.649. The first kappa shape index (κ1) is 33.9. The third-order valence-corrected chi connectivity index (χ3v) is 8.05. The van der Waals surface area contributed by atoms with Gasteiger partial charge in [-0.1, -0.05) is 148 Å². The van der Waals surface area contributed by atoms with Crippen molar-refractivity contribution in [1.82, 2.24) is 0 Å². The fourth-order valence-corrected chi connectivity index (χ4v) is 5.42. The largest absolute Gasteiger partial charge is 0.507 e. The molecule has 0 aliphatic heterocycles. The molecule has 224 valence electrons. The minimum absolute atomic E-state index is 0.0191. The Hall–Kier alpha value is -2.29. The van der Waals surface area contributed by atoms with Crippen LogP contribution in [0.25, 0.3) is 0 Å². The molecule has 0 fully saturated rings. The van der Waals surface area contributed by atoms with Crippen LogP contribution in [0.4, 0.5) is 0 Å². The third-order valence-electron chi connectivity index (χ3n) is 8.05. The second-order valence-electron chi connectivity index (χ2n) is 11.7. The van der Waals surface area contributed by atoms with Gasteiger partial charge in [0.25, 0.3) is 0 Å². The van der Waals surface area contributed by atoms with Gasteiger partial charge in [0, 0.05) is 0 Å². The summed E-state index contributed by atoms with van der Waals surface area (Å²) in [7, 11) is 0. The molecule has 0 aromatic heterocycles. The lowest BCUT2D eigenvalue weighted by atomic mass is 10.0. The Morgan fingerprint density at radius 1 is 0.550 bits per heavy atom. The van der Waals surface area contributed by atoms with Crippen LogP contribution in [0.2, 0.25) is 0 Å². The van der Waals surface area contributed by atoms with Crippen molar-refractivity contribution < 1.29 is 14.6 Å². The van der Waals surface area contributed by atoms with Crippen molar-refractivity contribution in [2.45, 2.75) is 155 Å². The standard InChI is InChI=1S/C37H58O3/c1-3-5-7-9-11-13-15-17-19-21-23-32-25-28-34(29-26-32)40-37(39)35-31-33(27-30-36(35)38)24-22-20-18-16-14-12-10-8-6-4-2/h25-31,38H,3-24H2,1-2H3. The fourth-order valence-electron chi connectivity index (χ4n) is 5.42. The van der Waals surface area contributed by atoms with E-state index in [-0.39, 0.29) is 11.3 Å². The first-order chi connectivity index (χ1) is 19.6. The maximum atomic E-state index is 12.8. The van der Waals surface area contributed by atoms with Gasteiger partial charge in [-0.2, -0.15) is 0 Å². The highest BCUT2D eigenvalue weighted by atomic mass is 16.5. The molecule has 0 heterocycles. The van der Waals surface area contributed by atoms with Crippen molar-refractivity contribution in [2.75, 3.05) is 0 Å². The molecular formula is C37H58O3. The summed E-state index contributed by atoms with van der Waals surface area (Å²) in [5.74, 6) is 0.00981. The number of phenolic OH excluding ortho intramolecular Hbond substituents is 1. The van der Waals surface area contributed by atoms with Crippen LogP contribution >= 0.6 is 0 Å². The van der Waals surface area contributed by atoms with Crippen molar-refractivity contribution in [3.8, 4) is 11.5 Å². The van der Waals surface area contributed by atoms with Crippen molar-refractivity contribution in [3.05, 3.63) is 59.2 Å². The summed E-state index contributed by atoms with van der Waals surface area (Å²) in [6, 6.07) is 13.2. The van der Waals surface area contributed by atoms with Crippen molar-refractivity contribution in [1.29, 1.82) is 0 Å². The molecule has 0 saturated carbocycles. The highest BCUT2D eigenvalue weighted by Crippen LogP contribution is 2.23. The van der Waals surface area contributed by atoms with Crippen LogP contribution in [0.3, 0.4) is 0 Å². The average molecular weight is 551 g/mol. The smallest absolute Gasteiger partial charge is 0.347 e. The van der Waals surface area contributed by atoms with Gasteiger partial charge in [0.1, 0.15) is 17.1 Å². The molecule has 40 heavy (non-hydrogen) atoms. The Balaban J connectivity index is 1.64. The molecule has 0 aliphatic carbocycles. The minimum atomic E-state index is -0.495. The average Bonchev–Trinajstić information content (AvgIpc) is 2.96. The Kier molecular flexibility index (Phi) is 19.0. The van der Waals surface area contributed by atoms with E-state index in [9.17, 15) is 9.90 Å². The number of hydrogen-bond acceptors (Lipinski definition) is 3. The molecule has 0 bridgehead atoms. The lowest BCUT2D eigenvalue weighted by Crippen LogP contribution is -2.09. The van der Waals surface area contributed by atoms with E-state index in [1.165, 1.54) is 128 Å². The zero-order valence-corrected chi connectivity index (χ0v) is 25.9. The highest BCUT2D eigenvalue weighted by molar-refractivity contribution is 5.94. The van der Waals surface area contributed by atoms with E-state index in [4.69, 9.17) is 4.74 Å². The molecule has 1 N–H and O–H groups in total. The van der Waals surface area contributed by atoms with E-state index in [1.807, 2.05) is 18.2 Å². The lowest BCUT2D eigenvalue weighted by Gasteiger charge is -2.09. The normalized spacial score (nSPS) is 11.2. The maximum absolute atomic E-state index is 12.8. The van der Waals surface area contributed by atoms with Crippen LogP contribution in [0.1, 0.15) is 164 Å². The summed E-state index contributed by atoms with van der Waals surface area (Å²) in [5.41, 5.74) is 2.61. The number of unbranched alkanes of at least 4 members (excludes halogenated alkanes) is 18. The van der Waals surface area contributed by atoms with Crippen molar-refractivity contribution in [3.63, 3.8) is 0 Å². The van der Waals surface area contributed by atoms with Gasteiger partial charge in [0.05, 0.1) is 0 Å². The number of aromatic hydroxyl groups is 1. The molecule has 0 unspecified atom stereocenters. The van der Waals surface area contributed by atoms with E-state index in [1.54, 1.807) is 12.1 Å². The van der Waals surface area contributed by atoms with Gasteiger partial charge in [-0.05, 0) is 61.1 Å². The summed E-state index contributed by atoms with van der Waals surface area (Å²) in [6.45, 7) is 4.53. The van der Waals surface area contributed by atoms with Crippen molar-refractivity contribution in [2.24, 2.45) is 0 Å². The molecule has 0 saturated heterocycles.